The highest BCUT2D eigenvalue weighted by atomic mass is 16.7. The van der Waals surface area contributed by atoms with E-state index in [2.05, 4.69) is 27.6 Å². The second-order valence-corrected chi connectivity index (χ2v) is 10.6. The number of aromatic nitrogens is 1. The zero-order valence-electron chi connectivity index (χ0n) is 23.9. The lowest BCUT2D eigenvalue weighted by Gasteiger charge is -2.38. The van der Waals surface area contributed by atoms with Crippen LogP contribution in [0.5, 0.6) is 0 Å². The Hall–Kier alpha value is -4.08. The number of benzene rings is 3. The van der Waals surface area contributed by atoms with Crippen molar-refractivity contribution in [1.82, 2.24) is 15.2 Å². The zero-order chi connectivity index (χ0) is 29.1. The van der Waals surface area contributed by atoms with E-state index < -0.39 is 6.29 Å². The van der Waals surface area contributed by atoms with Crippen LogP contribution in [0.3, 0.4) is 0 Å². The molecule has 3 unspecified atom stereocenters. The minimum Gasteiger partial charge on any atom is -0.392 e. The predicted octanol–water partition coefficient (Wildman–Crippen LogP) is 5.62. The molecule has 3 atom stereocenters. The summed E-state index contributed by atoms with van der Waals surface area (Å²) in [5, 5.41) is 15.3. The molecule has 0 aliphatic carbocycles. The maximum absolute atomic E-state index is 12.6. The molecule has 0 radical (unpaired) electrons. The van der Waals surface area contributed by atoms with Gasteiger partial charge in [0.05, 0.1) is 18.8 Å². The Kier molecular flexibility index (Phi) is 10.3. The van der Waals surface area contributed by atoms with Crippen molar-refractivity contribution in [3.05, 3.63) is 131 Å². The Morgan fingerprint density at radius 2 is 1.74 bits per heavy atom. The molecular formula is C34H38N4O4. The van der Waals surface area contributed by atoms with Gasteiger partial charge < -0.3 is 30.1 Å². The van der Waals surface area contributed by atoms with E-state index in [1.807, 2.05) is 103 Å². The van der Waals surface area contributed by atoms with Gasteiger partial charge in [0.25, 0.3) is 0 Å². The van der Waals surface area contributed by atoms with E-state index >= 15 is 0 Å². The standard InChI is InChI=1S/C34H38N4O4/c1-38(19-17-29-11-5-6-18-35-29)23-31-21-32(27-15-13-26(24-39)14-16-27)42-33(41-31)28-10-7-12-30(20-28)37-34(40)36-22-25-8-3-2-4-9-25/h2-16,18,20,31-33,39H,17,19,21-24H2,1H3,(H2,36,37,40). The Morgan fingerprint density at radius 3 is 2.50 bits per heavy atom. The lowest BCUT2D eigenvalue weighted by molar-refractivity contribution is -0.252. The second kappa shape index (κ2) is 14.7. The van der Waals surface area contributed by atoms with Gasteiger partial charge in [0.1, 0.15) is 0 Å². The van der Waals surface area contributed by atoms with Gasteiger partial charge in [0.2, 0.25) is 0 Å². The first kappa shape index (κ1) is 29.4. The third kappa shape index (κ3) is 8.47. The highest BCUT2D eigenvalue weighted by molar-refractivity contribution is 5.89. The molecule has 2 amide bonds. The molecule has 1 fully saturated rings. The fourth-order valence-electron chi connectivity index (χ4n) is 5.04. The van der Waals surface area contributed by atoms with Crippen molar-refractivity contribution >= 4 is 11.7 Å². The molecule has 218 valence electrons. The molecule has 1 aromatic heterocycles. The maximum Gasteiger partial charge on any atom is 0.319 e. The van der Waals surface area contributed by atoms with Gasteiger partial charge in [-0.2, -0.15) is 0 Å². The van der Waals surface area contributed by atoms with E-state index in [0.29, 0.717) is 18.7 Å². The number of carbonyl (C=O) groups excluding carboxylic acids is 1. The highest BCUT2D eigenvalue weighted by Crippen LogP contribution is 2.38. The van der Waals surface area contributed by atoms with Gasteiger partial charge in [-0.15, -0.1) is 0 Å². The Balaban J connectivity index is 1.26. The molecule has 1 aliphatic rings. The number of aliphatic hydroxyl groups excluding tert-OH is 1. The number of nitrogens with zero attached hydrogens (tertiary/aromatic N) is 2. The third-order valence-electron chi connectivity index (χ3n) is 7.32. The number of hydrogen-bond donors (Lipinski definition) is 3. The van der Waals surface area contributed by atoms with Crippen LogP contribution in [0.1, 0.15) is 46.8 Å². The molecule has 0 spiro atoms. The molecule has 1 saturated heterocycles. The molecular weight excluding hydrogens is 528 g/mol. The Bertz CT molecular complexity index is 1400. The number of anilines is 1. The van der Waals surface area contributed by atoms with Crippen molar-refractivity contribution in [2.75, 3.05) is 25.5 Å². The van der Waals surface area contributed by atoms with E-state index in [0.717, 1.165) is 47.5 Å². The molecule has 8 nitrogen and oxygen atoms in total. The van der Waals surface area contributed by atoms with Crippen molar-refractivity contribution in [2.45, 2.75) is 44.5 Å². The van der Waals surface area contributed by atoms with Crippen molar-refractivity contribution in [1.29, 1.82) is 0 Å². The first-order valence-electron chi connectivity index (χ1n) is 14.3. The van der Waals surface area contributed by atoms with Crippen LogP contribution in [-0.2, 0) is 29.0 Å². The quantitative estimate of drug-likeness (QED) is 0.218. The van der Waals surface area contributed by atoms with Crippen molar-refractivity contribution in [3.63, 3.8) is 0 Å². The predicted molar refractivity (Wildman–Crippen MR) is 163 cm³/mol. The third-order valence-corrected chi connectivity index (χ3v) is 7.32. The van der Waals surface area contributed by atoms with E-state index in [1.54, 1.807) is 0 Å². The van der Waals surface area contributed by atoms with E-state index in [-0.39, 0.29) is 24.8 Å². The van der Waals surface area contributed by atoms with E-state index in [1.165, 1.54) is 0 Å². The van der Waals surface area contributed by atoms with Crippen molar-refractivity contribution < 1.29 is 19.4 Å². The van der Waals surface area contributed by atoms with Gasteiger partial charge in [0, 0.05) is 55.6 Å². The molecule has 0 bridgehead atoms. The first-order chi connectivity index (χ1) is 20.6. The number of carbonyl (C=O) groups is 1. The highest BCUT2D eigenvalue weighted by Gasteiger charge is 2.33. The largest absolute Gasteiger partial charge is 0.392 e. The lowest BCUT2D eigenvalue weighted by Crippen LogP contribution is -2.38. The van der Waals surface area contributed by atoms with Gasteiger partial charge in [0.15, 0.2) is 6.29 Å². The summed E-state index contributed by atoms with van der Waals surface area (Å²) in [5.41, 5.74) is 5.47. The van der Waals surface area contributed by atoms with E-state index in [9.17, 15) is 9.90 Å². The number of hydrogen-bond acceptors (Lipinski definition) is 6. The smallest absolute Gasteiger partial charge is 0.319 e. The zero-order valence-corrected chi connectivity index (χ0v) is 23.9. The average Bonchev–Trinajstić information content (AvgIpc) is 3.04. The molecule has 3 aromatic carbocycles. The molecule has 8 heteroatoms. The number of likely N-dealkylation sites (N-methyl/N-ethyl adjacent to an activating group) is 1. The normalized spacial score (nSPS) is 18.5. The number of nitrogens with one attached hydrogen (secondary N) is 2. The van der Waals surface area contributed by atoms with Gasteiger partial charge in [-0.1, -0.05) is 72.8 Å². The number of pyridine rings is 1. The second-order valence-electron chi connectivity index (χ2n) is 10.6. The number of rotatable bonds is 11. The summed E-state index contributed by atoms with van der Waals surface area (Å²) in [6.07, 6.45) is 2.51. The van der Waals surface area contributed by atoms with Crippen molar-refractivity contribution in [3.8, 4) is 0 Å². The van der Waals surface area contributed by atoms with Crippen LogP contribution < -0.4 is 10.6 Å². The van der Waals surface area contributed by atoms with Crippen LogP contribution in [0.2, 0.25) is 0 Å². The van der Waals surface area contributed by atoms with Crippen LogP contribution in [0.25, 0.3) is 0 Å². The first-order valence-corrected chi connectivity index (χ1v) is 14.3. The van der Waals surface area contributed by atoms with Crippen LogP contribution in [0, 0.1) is 0 Å². The van der Waals surface area contributed by atoms with E-state index in [4.69, 9.17) is 9.47 Å². The van der Waals surface area contributed by atoms with Gasteiger partial charge in [-0.3, -0.25) is 4.98 Å². The van der Waals surface area contributed by atoms with Crippen LogP contribution in [-0.4, -0.2) is 47.3 Å². The molecule has 1 aliphatic heterocycles. The topological polar surface area (TPSA) is 96.0 Å². The van der Waals surface area contributed by atoms with Gasteiger partial charge in [-0.25, -0.2) is 4.79 Å². The van der Waals surface area contributed by atoms with Crippen LogP contribution in [0.15, 0.2) is 103 Å². The summed E-state index contributed by atoms with van der Waals surface area (Å²) < 4.78 is 13.0. The van der Waals surface area contributed by atoms with Gasteiger partial charge in [-0.05, 0) is 48.0 Å². The Labute approximate surface area is 247 Å². The maximum atomic E-state index is 12.6. The molecule has 0 saturated carbocycles. The van der Waals surface area contributed by atoms with Crippen molar-refractivity contribution in [2.24, 2.45) is 0 Å². The molecule has 3 N–H and O–H groups in total. The lowest BCUT2D eigenvalue weighted by atomic mass is 9.99. The summed E-state index contributed by atoms with van der Waals surface area (Å²) in [6.45, 7) is 2.03. The molecule has 2 heterocycles. The number of aliphatic hydroxyl groups is 1. The summed E-state index contributed by atoms with van der Waals surface area (Å²) in [7, 11) is 2.10. The number of ether oxygens (including phenoxy) is 2. The minimum atomic E-state index is -0.607. The summed E-state index contributed by atoms with van der Waals surface area (Å²) in [4.78, 5) is 19.3. The molecule has 5 rings (SSSR count). The summed E-state index contributed by atoms with van der Waals surface area (Å²) >= 11 is 0. The summed E-state index contributed by atoms with van der Waals surface area (Å²) in [5.74, 6) is 0. The average molecular weight is 567 g/mol. The number of urea groups is 1. The fraction of sp³-hybridized carbons (Fsp3) is 0.294. The minimum absolute atomic E-state index is 0.0000503. The van der Waals surface area contributed by atoms with Crippen LogP contribution >= 0.6 is 0 Å². The molecule has 42 heavy (non-hydrogen) atoms. The fourth-order valence-corrected chi connectivity index (χ4v) is 5.04. The SMILES string of the molecule is CN(CCc1ccccn1)CC1CC(c2ccc(CO)cc2)OC(c2cccc(NC(=O)NCc3ccccc3)c2)O1. The summed E-state index contributed by atoms with van der Waals surface area (Å²) in [6, 6.07) is 30.9. The monoisotopic (exact) mass is 566 g/mol. The number of amides is 2. The van der Waals surface area contributed by atoms with Crippen LogP contribution in [0.4, 0.5) is 10.5 Å². The van der Waals surface area contributed by atoms with Gasteiger partial charge >= 0.3 is 6.03 Å². The molecule has 4 aromatic rings. The Morgan fingerprint density at radius 1 is 0.929 bits per heavy atom.